The molecule has 0 aliphatic heterocycles. The number of aromatic nitrogens is 2. The summed E-state index contributed by atoms with van der Waals surface area (Å²) in [6, 6.07) is 7.32. The minimum Gasteiger partial charge on any atom is -0.299 e. The highest BCUT2D eigenvalue weighted by Crippen LogP contribution is 2.12. The molecule has 0 fully saturated rings. The van der Waals surface area contributed by atoms with Crippen molar-refractivity contribution in [3.05, 3.63) is 30.6 Å². The zero-order valence-electron chi connectivity index (χ0n) is 8.30. The number of imidazole rings is 1. The van der Waals surface area contributed by atoms with Crippen molar-refractivity contribution in [2.24, 2.45) is 0 Å². The van der Waals surface area contributed by atoms with Crippen molar-refractivity contribution in [1.82, 2.24) is 9.55 Å². The van der Waals surface area contributed by atoms with Gasteiger partial charge in [-0.3, -0.25) is 14.2 Å². The normalized spacial score (nSPS) is 10.5. The molecular weight excluding hydrogens is 192 g/mol. The lowest BCUT2D eigenvalue weighted by molar-refractivity contribution is -0.116. The average Bonchev–Trinajstić information content (AvgIpc) is 2.59. The number of Topliss-reactive ketones (excluding diaryl/α,β-unsaturated/α-hetero) is 1. The Morgan fingerprint density at radius 2 is 2.07 bits per heavy atom. The van der Waals surface area contributed by atoms with Crippen molar-refractivity contribution >= 4 is 22.7 Å². The molecule has 2 aromatic rings. The minimum atomic E-state index is -0.240. The lowest BCUT2D eigenvalue weighted by Crippen LogP contribution is -2.12. The van der Waals surface area contributed by atoms with Crippen LogP contribution in [0.1, 0.15) is 18.1 Å². The molecule has 0 radical (unpaired) electrons. The molecule has 2 rings (SSSR count). The summed E-state index contributed by atoms with van der Waals surface area (Å²) in [5, 5.41) is 0. The summed E-state index contributed by atoms with van der Waals surface area (Å²) in [7, 11) is 0. The fourth-order valence-corrected chi connectivity index (χ4v) is 1.46. The summed E-state index contributed by atoms with van der Waals surface area (Å²) in [4.78, 5) is 26.5. The van der Waals surface area contributed by atoms with Crippen LogP contribution in [-0.4, -0.2) is 21.2 Å². The van der Waals surface area contributed by atoms with Crippen LogP contribution in [0, 0.1) is 0 Å². The largest absolute Gasteiger partial charge is 0.299 e. The van der Waals surface area contributed by atoms with E-state index >= 15 is 0 Å². The number of para-hydroxylation sites is 2. The Morgan fingerprint density at radius 3 is 2.80 bits per heavy atom. The molecule has 1 heterocycles. The van der Waals surface area contributed by atoms with E-state index in [-0.39, 0.29) is 18.1 Å². The van der Waals surface area contributed by atoms with Crippen LogP contribution >= 0.6 is 0 Å². The zero-order valence-corrected chi connectivity index (χ0v) is 8.30. The van der Waals surface area contributed by atoms with Crippen molar-refractivity contribution in [2.45, 2.75) is 13.3 Å². The predicted octanol–water partition coefficient (Wildman–Crippen LogP) is 1.66. The summed E-state index contributed by atoms with van der Waals surface area (Å²) in [6.45, 7) is 1.40. The molecule has 15 heavy (non-hydrogen) atoms. The van der Waals surface area contributed by atoms with Crippen molar-refractivity contribution < 1.29 is 9.59 Å². The monoisotopic (exact) mass is 202 g/mol. The molecule has 1 aromatic heterocycles. The van der Waals surface area contributed by atoms with Crippen LogP contribution in [0.15, 0.2) is 30.6 Å². The Hall–Kier alpha value is -1.97. The minimum absolute atomic E-state index is 0.0830. The lowest BCUT2D eigenvalue weighted by Gasteiger charge is -1.99. The molecule has 4 nitrogen and oxygen atoms in total. The molecule has 4 heteroatoms. The van der Waals surface area contributed by atoms with Gasteiger partial charge < -0.3 is 0 Å². The third-order valence-corrected chi connectivity index (χ3v) is 2.12. The number of benzene rings is 1. The van der Waals surface area contributed by atoms with Crippen molar-refractivity contribution in [2.75, 3.05) is 0 Å². The van der Waals surface area contributed by atoms with Gasteiger partial charge in [0.05, 0.1) is 17.5 Å². The molecule has 0 saturated heterocycles. The SMILES string of the molecule is CC(=O)CC(=O)n1cnc2ccccc21. The predicted molar refractivity (Wildman–Crippen MR) is 55.7 cm³/mol. The van der Waals surface area contributed by atoms with Gasteiger partial charge in [-0.1, -0.05) is 12.1 Å². The molecule has 0 saturated carbocycles. The van der Waals surface area contributed by atoms with Crippen molar-refractivity contribution in [3.8, 4) is 0 Å². The van der Waals surface area contributed by atoms with Gasteiger partial charge >= 0.3 is 0 Å². The highest BCUT2D eigenvalue weighted by Gasteiger charge is 2.10. The van der Waals surface area contributed by atoms with E-state index in [1.807, 2.05) is 18.2 Å². The van der Waals surface area contributed by atoms with E-state index in [0.717, 1.165) is 11.0 Å². The van der Waals surface area contributed by atoms with Gasteiger partial charge in [-0.15, -0.1) is 0 Å². The van der Waals surface area contributed by atoms with E-state index in [0.29, 0.717) is 0 Å². The molecule has 1 aromatic carbocycles. The molecular formula is C11H10N2O2. The summed E-state index contributed by atoms with van der Waals surface area (Å²) in [5.41, 5.74) is 1.50. The van der Waals surface area contributed by atoms with E-state index < -0.39 is 0 Å². The Morgan fingerprint density at radius 1 is 1.33 bits per heavy atom. The van der Waals surface area contributed by atoms with E-state index in [9.17, 15) is 9.59 Å². The Balaban J connectivity index is 2.44. The topological polar surface area (TPSA) is 52.0 Å². The second-order valence-electron chi connectivity index (χ2n) is 3.38. The smallest absolute Gasteiger partial charge is 0.239 e. The quantitative estimate of drug-likeness (QED) is 0.696. The van der Waals surface area contributed by atoms with Crippen LogP contribution in [0.4, 0.5) is 0 Å². The van der Waals surface area contributed by atoms with Gasteiger partial charge in [-0.25, -0.2) is 4.98 Å². The van der Waals surface area contributed by atoms with Crippen molar-refractivity contribution in [1.29, 1.82) is 0 Å². The van der Waals surface area contributed by atoms with Crippen LogP contribution in [0.25, 0.3) is 11.0 Å². The van der Waals surface area contributed by atoms with Gasteiger partial charge in [0.2, 0.25) is 5.91 Å². The molecule has 76 valence electrons. The average molecular weight is 202 g/mol. The molecule has 0 aliphatic carbocycles. The molecule has 0 amide bonds. The first-order valence-corrected chi connectivity index (χ1v) is 4.63. The number of ketones is 1. The standard InChI is InChI=1S/C11H10N2O2/c1-8(14)6-11(15)13-7-12-9-4-2-3-5-10(9)13/h2-5,7H,6H2,1H3. The number of carbonyl (C=O) groups excluding carboxylic acids is 2. The van der Waals surface area contributed by atoms with Crippen LogP contribution in [0.5, 0.6) is 0 Å². The van der Waals surface area contributed by atoms with Gasteiger partial charge in [0.1, 0.15) is 12.1 Å². The highest BCUT2D eigenvalue weighted by molar-refractivity contribution is 6.01. The molecule has 0 N–H and O–H groups in total. The number of hydrogen-bond donors (Lipinski definition) is 0. The molecule has 0 unspecified atom stereocenters. The Labute approximate surface area is 86.5 Å². The molecule has 0 spiro atoms. The van der Waals surface area contributed by atoms with E-state index in [4.69, 9.17) is 0 Å². The third kappa shape index (κ3) is 1.79. The number of rotatable bonds is 2. The van der Waals surface area contributed by atoms with Gasteiger partial charge in [-0.05, 0) is 19.1 Å². The van der Waals surface area contributed by atoms with Crippen LogP contribution in [0.3, 0.4) is 0 Å². The van der Waals surface area contributed by atoms with Gasteiger partial charge in [-0.2, -0.15) is 0 Å². The molecule has 0 aliphatic rings. The summed E-state index contributed by atoms with van der Waals surface area (Å²) in [6.07, 6.45) is 1.37. The van der Waals surface area contributed by atoms with E-state index in [2.05, 4.69) is 4.98 Å². The first-order chi connectivity index (χ1) is 7.18. The first-order valence-electron chi connectivity index (χ1n) is 4.63. The number of nitrogens with zero attached hydrogens (tertiary/aromatic N) is 2. The lowest BCUT2D eigenvalue weighted by atomic mass is 10.3. The molecule has 0 atom stereocenters. The fraction of sp³-hybridized carbons (Fsp3) is 0.182. The van der Waals surface area contributed by atoms with Crippen LogP contribution < -0.4 is 0 Å². The maximum absolute atomic E-state index is 11.6. The van der Waals surface area contributed by atoms with E-state index in [1.54, 1.807) is 6.07 Å². The van der Waals surface area contributed by atoms with Crippen molar-refractivity contribution in [3.63, 3.8) is 0 Å². The maximum Gasteiger partial charge on any atom is 0.239 e. The van der Waals surface area contributed by atoms with E-state index in [1.165, 1.54) is 17.8 Å². The Kier molecular flexibility index (Phi) is 2.33. The summed E-state index contributed by atoms with van der Waals surface area (Å²) < 4.78 is 1.41. The third-order valence-electron chi connectivity index (χ3n) is 2.12. The number of hydrogen-bond acceptors (Lipinski definition) is 3. The zero-order chi connectivity index (χ0) is 10.8. The second kappa shape index (κ2) is 3.65. The fourth-order valence-electron chi connectivity index (χ4n) is 1.46. The Bertz CT molecular complexity index is 528. The number of carbonyl (C=O) groups is 2. The summed E-state index contributed by atoms with van der Waals surface area (Å²) >= 11 is 0. The number of fused-ring (bicyclic) bond motifs is 1. The van der Waals surface area contributed by atoms with Gasteiger partial charge in [0.15, 0.2) is 0 Å². The molecule has 0 bridgehead atoms. The van der Waals surface area contributed by atoms with Gasteiger partial charge in [0, 0.05) is 0 Å². The summed E-state index contributed by atoms with van der Waals surface area (Å²) in [5.74, 6) is -0.381. The maximum atomic E-state index is 11.6. The van der Waals surface area contributed by atoms with Crippen LogP contribution in [0.2, 0.25) is 0 Å². The highest BCUT2D eigenvalue weighted by atomic mass is 16.2. The first kappa shape index (κ1) is 9.58. The second-order valence-corrected chi connectivity index (χ2v) is 3.38. The van der Waals surface area contributed by atoms with Gasteiger partial charge in [0.25, 0.3) is 0 Å². The van der Waals surface area contributed by atoms with Crippen LogP contribution in [-0.2, 0) is 4.79 Å².